The van der Waals surface area contributed by atoms with Gasteiger partial charge < -0.3 is 19.3 Å². The van der Waals surface area contributed by atoms with Crippen molar-refractivity contribution < 1.29 is 14.3 Å². The molecule has 1 rings (SSSR count). The van der Waals surface area contributed by atoms with Gasteiger partial charge in [0.15, 0.2) is 0 Å². The Morgan fingerprint density at radius 1 is 1.23 bits per heavy atom. The van der Waals surface area contributed by atoms with Crippen molar-refractivity contribution in [2.24, 2.45) is 4.99 Å². The number of carbonyl (C=O) groups excluding carboxylic acids is 1. The molecule has 0 aliphatic carbocycles. The molecule has 6 heteroatoms. The molecule has 1 amide bonds. The van der Waals surface area contributed by atoms with Crippen LogP contribution >= 0.6 is 0 Å². The molecular formula is C16H31N3O3. The minimum Gasteiger partial charge on any atom is -0.448 e. The van der Waals surface area contributed by atoms with E-state index in [4.69, 9.17) is 9.47 Å². The van der Waals surface area contributed by atoms with Crippen molar-refractivity contribution in [1.82, 2.24) is 9.80 Å². The SMILES string of the molecule is CCCCN(CC)CCCOC(=O)/N=C(/C)N1CCOCC1. The number of morpholine rings is 1. The Kier molecular flexibility index (Phi) is 9.82. The van der Waals surface area contributed by atoms with Crippen molar-refractivity contribution >= 4 is 11.9 Å². The molecule has 1 aliphatic rings. The second kappa shape index (κ2) is 11.4. The van der Waals surface area contributed by atoms with Gasteiger partial charge in [-0.1, -0.05) is 20.3 Å². The summed E-state index contributed by atoms with van der Waals surface area (Å²) >= 11 is 0. The first kappa shape index (κ1) is 18.9. The quantitative estimate of drug-likeness (QED) is 0.391. The van der Waals surface area contributed by atoms with Gasteiger partial charge in [-0.15, -0.1) is 0 Å². The molecule has 0 aromatic carbocycles. The summed E-state index contributed by atoms with van der Waals surface area (Å²) in [5.74, 6) is 0.714. The first-order valence-electron chi connectivity index (χ1n) is 8.44. The first-order chi connectivity index (χ1) is 10.7. The van der Waals surface area contributed by atoms with E-state index in [-0.39, 0.29) is 0 Å². The van der Waals surface area contributed by atoms with Gasteiger partial charge in [-0.2, -0.15) is 4.99 Å². The molecule has 1 heterocycles. The molecule has 0 aromatic rings. The largest absolute Gasteiger partial charge is 0.448 e. The number of hydrogen-bond acceptors (Lipinski definition) is 4. The van der Waals surface area contributed by atoms with E-state index in [0.717, 1.165) is 39.1 Å². The number of unbranched alkanes of at least 4 members (excludes halogenated alkanes) is 1. The van der Waals surface area contributed by atoms with Gasteiger partial charge in [0.1, 0.15) is 5.84 Å². The lowest BCUT2D eigenvalue weighted by molar-refractivity contribution is 0.0675. The fourth-order valence-corrected chi connectivity index (χ4v) is 2.38. The van der Waals surface area contributed by atoms with Crippen molar-refractivity contribution in [2.75, 3.05) is 52.5 Å². The highest BCUT2D eigenvalue weighted by molar-refractivity contribution is 5.90. The predicted molar refractivity (Wildman–Crippen MR) is 88.5 cm³/mol. The van der Waals surface area contributed by atoms with E-state index in [9.17, 15) is 4.79 Å². The Morgan fingerprint density at radius 2 is 1.91 bits per heavy atom. The normalized spacial score (nSPS) is 16.2. The molecule has 0 N–H and O–H groups in total. The number of carbonyl (C=O) groups is 1. The number of hydrogen-bond donors (Lipinski definition) is 0. The molecular weight excluding hydrogens is 282 g/mol. The van der Waals surface area contributed by atoms with E-state index in [0.29, 0.717) is 25.7 Å². The molecule has 0 aromatic heterocycles. The van der Waals surface area contributed by atoms with Crippen LogP contribution in [0.1, 0.15) is 40.0 Å². The highest BCUT2D eigenvalue weighted by atomic mass is 16.5. The third kappa shape index (κ3) is 7.75. The summed E-state index contributed by atoms with van der Waals surface area (Å²) in [4.78, 5) is 20.1. The topological polar surface area (TPSA) is 54.4 Å². The molecule has 1 fully saturated rings. The predicted octanol–water partition coefficient (Wildman–Crippen LogP) is 2.39. The summed E-state index contributed by atoms with van der Waals surface area (Å²) in [7, 11) is 0. The maximum Gasteiger partial charge on any atom is 0.435 e. The van der Waals surface area contributed by atoms with Gasteiger partial charge >= 0.3 is 6.09 Å². The number of amidine groups is 1. The number of nitrogens with zero attached hydrogens (tertiary/aromatic N) is 3. The smallest absolute Gasteiger partial charge is 0.435 e. The minimum atomic E-state index is -0.486. The van der Waals surface area contributed by atoms with Crippen LogP contribution in [-0.2, 0) is 9.47 Å². The third-order valence-corrected chi connectivity index (χ3v) is 3.84. The summed E-state index contributed by atoms with van der Waals surface area (Å²) in [5, 5.41) is 0. The highest BCUT2D eigenvalue weighted by Gasteiger charge is 2.13. The van der Waals surface area contributed by atoms with Crippen LogP contribution < -0.4 is 0 Å². The lowest BCUT2D eigenvalue weighted by Gasteiger charge is -2.27. The van der Waals surface area contributed by atoms with E-state index < -0.39 is 6.09 Å². The van der Waals surface area contributed by atoms with Crippen LogP contribution in [0.4, 0.5) is 4.79 Å². The van der Waals surface area contributed by atoms with E-state index in [1.165, 1.54) is 12.8 Å². The standard InChI is InChI=1S/C16H31N3O3/c1-4-6-8-18(5-2)9-7-12-22-16(20)17-15(3)19-10-13-21-14-11-19/h4-14H2,1-3H3/b17-15-. The number of ether oxygens (including phenoxy) is 2. The van der Waals surface area contributed by atoms with Gasteiger partial charge in [-0.25, -0.2) is 4.79 Å². The van der Waals surface area contributed by atoms with Crippen molar-refractivity contribution in [3.63, 3.8) is 0 Å². The summed E-state index contributed by atoms with van der Waals surface area (Å²) in [6.07, 6.45) is 2.80. The lowest BCUT2D eigenvalue weighted by Crippen LogP contribution is -2.39. The number of rotatable bonds is 8. The average molecular weight is 313 g/mol. The molecule has 0 saturated carbocycles. The molecule has 0 bridgehead atoms. The number of aliphatic imine (C=N–C) groups is 1. The van der Waals surface area contributed by atoms with Crippen molar-refractivity contribution in [3.05, 3.63) is 0 Å². The van der Waals surface area contributed by atoms with Gasteiger partial charge in [0.25, 0.3) is 0 Å². The number of amides is 1. The molecule has 1 saturated heterocycles. The first-order valence-corrected chi connectivity index (χ1v) is 8.44. The summed E-state index contributed by atoms with van der Waals surface area (Å²) in [6.45, 7) is 12.7. The molecule has 128 valence electrons. The van der Waals surface area contributed by atoms with Crippen molar-refractivity contribution in [1.29, 1.82) is 0 Å². The van der Waals surface area contributed by atoms with Crippen LogP contribution in [0.2, 0.25) is 0 Å². The fraction of sp³-hybridized carbons (Fsp3) is 0.875. The molecule has 1 aliphatic heterocycles. The molecule has 6 nitrogen and oxygen atoms in total. The Labute approximate surface area is 134 Å². The van der Waals surface area contributed by atoms with Crippen LogP contribution in [-0.4, -0.2) is 74.3 Å². The van der Waals surface area contributed by atoms with Gasteiger partial charge in [-0.3, -0.25) is 0 Å². The molecule has 0 spiro atoms. The van der Waals surface area contributed by atoms with E-state index in [2.05, 4.69) is 23.7 Å². The van der Waals surface area contributed by atoms with Crippen LogP contribution in [0.25, 0.3) is 0 Å². The fourth-order valence-electron chi connectivity index (χ4n) is 2.38. The van der Waals surface area contributed by atoms with E-state index in [1.807, 2.05) is 11.8 Å². The van der Waals surface area contributed by atoms with Gasteiger partial charge in [-0.05, 0) is 32.9 Å². The van der Waals surface area contributed by atoms with Crippen LogP contribution in [0.15, 0.2) is 4.99 Å². The molecule has 0 unspecified atom stereocenters. The minimum absolute atomic E-state index is 0.432. The molecule has 0 radical (unpaired) electrons. The Bertz CT molecular complexity index is 342. The summed E-state index contributed by atoms with van der Waals surface area (Å²) in [5.41, 5.74) is 0. The lowest BCUT2D eigenvalue weighted by atomic mass is 10.3. The van der Waals surface area contributed by atoms with Crippen LogP contribution in [0.3, 0.4) is 0 Å². The Morgan fingerprint density at radius 3 is 2.55 bits per heavy atom. The second-order valence-electron chi connectivity index (χ2n) is 5.51. The van der Waals surface area contributed by atoms with Crippen LogP contribution in [0, 0.1) is 0 Å². The van der Waals surface area contributed by atoms with Crippen molar-refractivity contribution in [3.8, 4) is 0 Å². The van der Waals surface area contributed by atoms with Crippen molar-refractivity contribution in [2.45, 2.75) is 40.0 Å². The maximum atomic E-state index is 11.7. The summed E-state index contributed by atoms with van der Waals surface area (Å²) in [6, 6.07) is 0. The Balaban J connectivity index is 2.19. The average Bonchev–Trinajstić information content (AvgIpc) is 2.55. The van der Waals surface area contributed by atoms with Gasteiger partial charge in [0.2, 0.25) is 0 Å². The second-order valence-corrected chi connectivity index (χ2v) is 5.51. The monoisotopic (exact) mass is 313 g/mol. The molecule has 22 heavy (non-hydrogen) atoms. The Hall–Kier alpha value is -1.14. The van der Waals surface area contributed by atoms with Gasteiger partial charge in [0.05, 0.1) is 19.8 Å². The zero-order chi connectivity index (χ0) is 16.2. The zero-order valence-corrected chi connectivity index (χ0v) is 14.3. The summed E-state index contributed by atoms with van der Waals surface area (Å²) < 4.78 is 10.5. The van der Waals surface area contributed by atoms with Gasteiger partial charge in [0, 0.05) is 19.6 Å². The molecule has 0 atom stereocenters. The van der Waals surface area contributed by atoms with E-state index >= 15 is 0 Å². The van der Waals surface area contributed by atoms with Crippen LogP contribution in [0.5, 0.6) is 0 Å². The van der Waals surface area contributed by atoms with E-state index in [1.54, 1.807) is 0 Å². The highest BCUT2D eigenvalue weighted by Crippen LogP contribution is 2.01. The third-order valence-electron chi connectivity index (χ3n) is 3.84. The maximum absolute atomic E-state index is 11.7. The zero-order valence-electron chi connectivity index (χ0n) is 14.3.